The van der Waals surface area contributed by atoms with Gasteiger partial charge in [-0.3, -0.25) is 0 Å². The van der Waals surface area contributed by atoms with Crippen LogP contribution < -0.4 is 4.90 Å². The monoisotopic (exact) mass is 281 g/mol. The molecule has 21 heavy (non-hydrogen) atoms. The molecule has 3 rings (SSSR count). The number of anilines is 1. The van der Waals surface area contributed by atoms with Crippen molar-refractivity contribution >= 4 is 16.7 Å². The highest BCUT2D eigenvalue weighted by Gasteiger charge is 2.27. The van der Waals surface area contributed by atoms with E-state index in [1.54, 1.807) is 0 Å². The maximum Gasteiger partial charge on any atom is 0.147 e. The van der Waals surface area contributed by atoms with Crippen LogP contribution in [-0.2, 0) is 0 Å². The van der Waals surface area contributed by atoms with Crippen LogP contribution in [0, 0.1) is 11.3 Å². The lowest BCUT2D eigenvalue weighted by molar-refractivity contribution is 0.279. The van der Waals surface area contributed by atoms with Crippen LogP contribution in [0.25, 0.3) is 10.9 Å². The third kappa shape index (κ3) is 2.70. The third-order valence-corrected chi connectivity index (χ3v) is 4.17. The molecule has 1 N–H and O–H groups in total. The molecule has 108 valence electrons. The summed E-state index contributed by atoms with van der Waals surface area (Å²) in [7, 11) is 0. The quantitative estimate of drug-likeness (QED) is 0.936. The van der Waals surface area contributed by atoms with Crippen LogP contribution in [0.2, 0.25) is 0 Å². The molecule has 0 bridgehead atoms. The van der Waals surface area contributed by atoms with Gasteiger partial charge in [0.2, 0.25) is 0 Å². The lowest BCUT2D eigenvalue weighted by atomic mass is 10.1. The van der Waals surface area contributed by atoms with Crippen molar-refractivity contribution in [3.05, 3.63) is 35.9 Å². The van der Waals surface area contributed by atoms with Crippen molar-refractivity contribution in [3.8, 4) is 6.07 Å². The minimum absolute atomic E-state index is 0.223. The fourth-order valence-electron chi connectivity index (χ4n) is 3.15. The summed E-state index contributed by atoms with van der Waals surface area (Å²) in [5, 5.41) is 19.5. The summed E-state index contributed by atoms with van der Waals surface area (Å²) in [6, 6.07) is 12.5. The minimum Gasteiger partial charge on any atom is -0.396 e. The predicted molar refractivity (Wildman–Crippen MR) is 83.1 cm³/mol. The highest BCUT2D eigenvalue weighted by Crippen LogP contribution is 2.31. The van der Waals surface area contributed by atoms with Gasteiger partial charge < -0.3 is 10.0 Å². The first-order valence-corrected chi connectivity index (χ1v) is 7.51. The Balaban J connectivity index is 2.00. The van der Waals surface area contributed by atoms with Gasteiger partial charge in [-0.1, -0.05) is 18.2 Å². The first-order valence-electron chi connectivity index (χ1n) is 7.51. The van der Waals surface area contributed by atoms with E-state index in [9.17, 15) is 5.26 Å². The molecular weight excluding hydrogens is 262 g/mol. The zero-order valence-electron chi connectivity index (χ0n) is 12.0. The first-order chi connectivity index (χ1) is 10.3. The molecule has 0 saturated carbocycles. The molecule has 1 saturated heterocycles. The topological polar surface area (TPSA) is 60.2 Å². The normalized spacial score (nSPS) is 18.1. The zero-order valence-corrected chi connectivity index (χ0v) is 12.0. The maximum absolute atomic E-state index is 9.44. The second-order valence-electron chi connectivity index (χ2n) is 5.52. The summed E-state index contributed by atoms with van der Waals surface area (Å²) in [6.45, 7) is 1.16. The lowest BCUT2D eigenvalue weighted by Crippen LogP contribution is -2.30. The van der Waals surface area contributed by atoms with Gasteiger partial charge in [0.25, 0.3) is 0 Å². The molecular formula is C17H19N3O. The summed E-state index contributed by atoms with van der Waals surface area (Å²) in [5.74, 6) is 0.802. The van der Waals surface area contributed by atoms with Crippen molar-refractivity contribution in [1.29, 1.82) is 5.26 Å². The van der Waals surface area contributed by atoms with Crippen molar-refractivity contribution in [2.24, 2.45) is 0 Å². The summed E-state index contributed by atoms with van der Waals surface area (Å²) in [4.78, 5) is 6.98. The molecule has 1 aromatic heterocycles. The largest absolute Gasteiger partial charge is 0.396 e. The second kappa shape index (κ2) is 6.11. The SMILES string of the molecule is N#Cc1cc2ccccc2nc1N1CCCC1CCCO. The summed E-state index contributed by atoms with van der Waals surface area (Å²) < 4.78 is 0. The molecule has 2 heterocycles. The van der Waals surface area contributed by atoms with Crippen LogP contribution in [-0.4, -0.2) is 29.3 Å². The van der Waals surface area contributed by atoms with Gasteiger partial charge in [0, 0.05) is 24.6 Å². The smallest absolute Gasteiger partial charge is 0.147 e. The van der Waals surface area contributed by atoms with E-state index < -0.39 is 0 Å². The Labute approximate surface area is 124 Å². The number of aromatic nitrogens is 1. The number of aliphatic hydroxyl groups excluding tert-OH is 1. The molecule has 1 fully saturated rings. The third-order valence-electron chi connectivity index (χ3n) is 4.17. The molecule has 4 nitrogen and oxygen atoms in total. The van der Waals surface area contributed by atoms with Crippen LogP contribution in [0.4, 0.5) is 5.82 Å². The molecule has 1 aliphatic heterocycles. The molecule has 1 aliphatic rings. The number of pyridine rings is 1. The first kappa shape index (κ1) is 13.8. The summed E-state index contributed by atoms with van der Waals surface area (Å²) in [5.41, 5.74) is 1.57. The van der Waals surface area contributed by atoms with E-state index in [2.05, 4.69) is 11.0 Å². The Hall–Kier alpha value is -2.12. The van der Waals surface area contributed by atoms with Crippen molar-refractivity contribution in [2.75, 3.05) is 18.1 Å². The number of rotatable bonds is 4. The number of aliphatic hydroxyl groups is 1. The fourth-order valence-corrected chi connectivity index (χ4v) is 3.15. The maximum atomic E-state index is 9.44. The summed E-state index contributed by atoms with van der Waals surface area (Å²) in [6.07, 6.45) is 3.99. The van der Waals surface area contributed by atoms with Gasteiger partial charge in [-0.2, -0.15) is 5.26 Å². The Morgan fingerprint density at radius 3 is 3.05 bits per heavy atom. The van der Waals surface area contributed by atoms with Crippen LogP contribution >= 0.6 is 0 Å². The molecule has 1 atom stereocenters. The molecule has 2 aromatic rings. The molecule has 0 radical (unpaired) electrons. The zero-order chi connectivity index (χ0) is 14.7. The standard InChI is InChI=1S/C17H19N3O/c18-12-14-11-13-5-1-2-8-16(13)19-17(14)20-9-3-6-15(20)7-4-10-21/h1-2,5,8,11,15,21H,3-4,6-7,9-10H2. The van der Waals surface area contributed by atoms with Gasteiger partial charge in [-0.15, -0.1) is 0 Å². The molecule has 0 amide bonds. The van der Waals surface area contributed by atoms with E-state index in [0.717, 1.165) is 48.9 Å². The van der Waals surface area contributed by atoms with E-state index in [0.29, 0.717) is 11.6 Å². The van der Waals surface area contributed by atoms with Gasteiger partial charge in [-0.05, 0) is 37.8 Å². The Morgan fingerprint density at radius 1 is 1.38 bits per heavy atom. The van der Waals surface area contributed by atoms with Crippen molar-refractivity contribution < 1.29 is 5.11 Å². The number of benzene rings is 1. The van der Waals surface area contributed by atoms with Gasteiger partial charge in [0.15, 0.2) is 0 Å². The van der Waals surface area contributed by atoms with Crippen LogP contribution in [0.15, 0.2) is 30.3 Å². The lowest BCUT2D eigenvalue weighted by Gasteiger charge is -2.26. The van der Waals surface area contributed by atoms with Crippen molar-refractivity contribution in [2.45, 2.75) is 31.7 Å². The van der Waals surface area contributed by atoms with E-state index in [-0.39, 0.29) is 6.61 Å². The number of nitrogens with zero attached hydrogens (tertiary/aromatic N) is 3. The van der Waals surface area contributed by atoms with Gasteiger partial charge in [-0.25, -0.2) is 4.98 Å². The molecule has 0 spiro atoms. The van der Waals surface area contributed by atoms with Crippen LogP contribution in [0.1, 0.15) is 31.2 Å². The number of para-hydroxylation sites is 1. The Bertz CT molecular complexity index is 677. The number of hydrogen-bond donors (Lipinski definition) is 1. The predicted octanol–water partition coefficient (Wildman–Crippen LogP) is 2.85. The number of hydrogen-bond acceptors (Lipinski definition) is 4. The average molecular weight is 281 g/mol. The molecule has 0 aliphatic carbocycles. The highest BCUT2D eigenvalue weighted by atomic mass is 16.2. The van der Waals surface area contributed by atoms with Gasteiger partial charge in [0.05, 0.1) is 11.1 Å². The Kier molecular flexibility index (Phi) is 4.03. The Morgan fingerprint density at radius 2 is 2.24 bits per heavy atom. The van der Waals surface area contributed by atoms with Gasteiger partial charge in [0.1, 0.15) is 11.9 Å². The van der Waals surface area contributed by atoms with E-state index in [4.69, 9.17) is 10.1 Å². The highest BCUT2D eigenvalue weighted by molar-refractivity contribution is 5.83. The molecule has 1 unspecified atom stereocenters. The number of fused-ring (bicyclic) bond motifs is 1. The van der Waals surface area contributed by atoms with E-state index in [1.807, 2.05) is 30.3 Å². The number of nitriles is 1. The fraction of sp³-hybridized carbons (Fsp3) is 0.412. The summed E-state index contributed by atoms with van der Waals surface area (Å²) >= 11 is 0. The molecule has 1 aromatic carbocycles. The minimum atomic E-state index is 0.223. The molecule has 4 heteroatoms. The van der Waals surface area contributed by atoms with E-state index >= 15 is 0 Å². The van der Waals surface area contributed by atoms with Crippen LogP contribution in [0.3, 0.4) is 0 Å². The second-order valence-corrected chi connectivity index (χ2v) is 5.52. The average Bonchev–Trinajstić information content (AvgIpc) is 2.99. The van der Waals surface area contributed by atoms with Crippen molar-refractivity contribution in [3.63, 3.8) is 0 Å². The van der Waals surface area contributed by atoms with Gasteiger partial charge >= 0.3 is 0 Å². The van der Waals surface area contributed by atoms with E-state index in [1.165, 1.54) is 0 Å². The van der Waals surface area contributed by atoms with Crippen molar-refractivity contribution in [1.82, 2.24) is 4.98 Å². The van der Waals surface area contributed by atoms with Crippen LogP contribution in [0.5, 0.6) is 0 Å².